The van der Waals surface area contributed by atoms with Gasteiger partial charge in [0.25, 0.3) is 0 Å². The molecule has 188 valence electrons. The lowest BCUT2D eigenvalue weighted by Crippen LogP contribution is -2.33. The second kappa shape index (κ2) is 10.9. The summed E-state index contributed by atoms with van der Waals surface area (Å²) in [5.74, 6) is 1.31. The Bertz CT molecular complexity index is 1480. The van der Waals surface area contributed by atoms with Crippen molar-refractivity contribution in [2.45, 2.75) is 38.8 Å². The lowest BCUT2D eigenvalue weighted by atomic mass is 9.98. The van der Waals surface area contributed by atoms with Gasteiger partial charge in [0.1, 0.15) is 5.82 Å². The summed E-state index contributed by atoms with van der Waals surface area (Å²) in [7, 11) is 0. The third-order valence-corrected chi connectivity index (χ3v) is 6.59. The van der Waals surface area contributed by atoms with Crippen LogP contribution < -0.4 is 4.73 Å². The number of aromatic nitrogens is 7. The van der Waals surface area contributed by atoms with Crippen LogP contribution in [-0.2, 0) is 13.0 Å². The molecule has 0 aliphatic carbocycles. The molecule has 0 fully saturated rings. The number of pyridine rings is 1. The predicted octanol–water partition coefficient (Wildman–Crippen LogP) is 4.49. The number of aryl methyl sites for hydroxylation is 1. The Morgan fingerprint density at radius 1 is 1.05 bits per heavy atom. The summed E-state index contributed by atoms with van der Waals surface area (Å²) in [4.78, 5) is 4.56. The number of hydrogen-bond donors (Lipinski definition) is 2. The summed E-state index contributed by atoms with van der Waals surface area (Å²) >= 11 is 6.54. The molecule has 0 aliphatic rings. The van der Waals surface area contributed by atoms with Crippen LogP contribution in [0, 0.1) is 5.21 Å². The van der Waals surface area contributed by atoms with E-state index in [1.165, 1.54) is 6.20 Å². The van der Waals surface area contributed by atoms with Crippen molar-refractivity contribution in [2.75, 3.05) is 0 Å². The van der Waals surface area contributed by atoms with Gasteiger partial charge in [-0.2, -0.15) is 9.94 Å². The van der Waals surface area contributed by atoms with Gasteiger partial charge in [-0.3, -0.25) is 0 Å². The van der Waals surface area contributed by atoms with Gasteiger partial charge in [-0.15, -0.1) is 10.2 Å². The van der Waals surface area contributed by atoms with Gasteiger partial charge in [0.05, 0.1) is 5.69 Å². The van der Waals surface area contributed by atoms with Crippen molar-refractivity contribution >= 4 is 11.6 Å². The number of H-pyrrole nitrogens is 1. The summed E-state index contributed by atoms with van der Waals surface area (Å²) in [6, 6.07) is 21.0. The number of aromatic amines is 1. The third kappa shape index (κ3) is 5.09. The molecule has 3 heterocycles. The fraction of sp³-hybridized carbons (Fsp3) is 0.222. The van der Waals surface area contributed by atoms with Crippen LogP contribution >= 0.6 is 11.6 Å². The topological polar surface area (TPSA) is 119 Å². The lowest BCUT2D eigenvalue weighted by Gasteiger charge is -2.17. The van der Waals surface area contributed by atoms with Crippen LogP contribution in [0.1, 0.15) is 48.6 Å². The lowest BCUT2D eigenvalue weighted by molar-refractivity contribution is -0.617. The van der Waals surface area contributed by atoms with E-state index in [-0.39, 0.29) is 10.8 Å². The number of nitrogens with zero attached hydrogens (tertiary/aromatic N) is 6. The van der Waals surface area contributed by atoms with Crippen molar-refractivity contribution in [3.05, 3.63) is 106 Å². The van der Waals surface area contributed by atoms with Gasteiger partial charge >= 0.3 is 0 Å². The van der Waals surface area contributed by atoms with Gasteiger partial charge in [-0.25, -0.2) is 4.98 Å². The molecular weight excluding hydrogens is 490 g/mol. The zero-order chi connectivity index (χ0) is 25.8. The first kappa shape index (κ1) is 24.6. The average Bonchev–Trinajstić information content (AvgIpc) is 3.56. The predicted molar refractivity (Wildman–Crippen MR) is 139 cm³/mol. The molecule has 10 heteroatoms. The maximum atomic E-state index is 12.3. The number of halogens is 1. The van der Waals surface area contributed by atoms with Gasteiger partial charge < -0.3 is 14.9 Å². The third-order valence-electron chi connectivity index (χ3n) is 6.31. The van der Waals surface area contributed by atoms with E-state index < -0.39 is 6.10 Å². The van der Waals surface area contributed by atoms with Gasteiger partial charge in [0.15, 0.2) is 17.5 Å². The minimum Gasteiger partial charge on any atom is -0.618 e. The molecule has 9 nitrogen and oxygen atoms in total. The standard InChI is InChI=1S/C27H26ClN7O2/c1-2-3-11-23-29-26(28)24(25(36)22-10-6-7-16-35(22)37)34(23)17-18-12-14-19(15-13-18)20-8-4-5-9-21(20)27-30-32-33-31-27/h4-10,12-16,25,36H,2-3,11,17H2,1H3,(H,30,31,32,33). The molecule has 3 aromatic heterocycles. The van der Waals surface area contributed by atoms with Crippen LogP contribution in [0.5, 0.6) is 0 Å². The highest BCUT2D eigenvalue weighted by atomic mass is 35.5. The molecular formula is C27H26ClN7O2. The molecule has 0 spiro atoms. The summed E-state index contributed by atoms with van der Waals surface area (Å²) in [6.45, 7) is 2.56. The highest BCUT2D eigenvalue weighted by Gasteiger charge is 2.28. The number of nitrogens with one attached hydrogen (secondary N) is 1. The molecule has 0 radical (unpaired) electrons. The Labute approximate surface area is 219 Å². The monoisotopic (exact) mass is 515 g/mol. The maximum absolute atomic E-state index is 12.3. The van der Waals surface area contributed by atoms with E-state index in [0.29, 0.717) is 29.2 Å². The van der Waals surface area contributed by atoms with E-state index in [0.717, 1.165) is 40.9 Å². The number of unbranched alkanes of at least 4 members (excludes halogenated alkanes) is 1. The van der Waals surface area contributed by atoms with Crippen LogP contribution in [0.15, 0.2) is 72.9 Å². The van der Waals surface area contributed by atoms with Crippen molar-refractivity contribution in [3.8, 4) is 22.5 Å². The molecule has 5 rings (SSSR count). The molecule has 0 saturated carbocycles. The first-order valence-corrected chi connectivity index (χ1v) is 12.5. The van der Waals surface area contributed by atoms with Gasteiger partial charge in [0.2, 0.25) is 11.5 Å². The fourth-order valence-electron chi connectivity index (χ4n) is 4.42. The molecule has 0 bridgehead atoms. The van der Waals surface area contributed by atoms with Crippen LogP contribution in [0.25, 0.3) is 22.5 Å². The van der Waals surface area contributed by atoms with E-state index in [4.69, 9.17) is 11.6 Å². The van der Waals surface area contributed by atoms with Crippen molar-refractivity contribution < 1.29 is 9.84 Å². The smallest absolute Gasteiger partial charge is 0.227 e. The highest BCUT2D eigenvalue weighted by molar-refractivity contribution is 6.30. The Morgan fingerprint density at radius 3 is 2.51 bits per heavy atom. The highest BCUT2D eigenvalue weighted by Crippen LogP contribution is 2.32. The molecule has 37 heavy (non-hydrogen) atoms. The Balaban J connectivity index is 1.49. The Kier molecular flexibility index (Phi) is 7.25. The molecule has 2 aromatic carbocycles. The van der Waals surface area contributed by atoms with Crippen molar-refractivity contribution in [1.82, 2.24) is 30.2 Å². The molecule has 2 N–H and O–H groups in total. The van der Waals surface area contributed by atoms with Crippen molar-refractivity contribution in [1.29, 1.82) is 0 Å². The van der Waals surface area contributed by atoms with Crippen molar-refractivity contribution in [3.63, 3.8) is 0 Å². The zero-order valence-electron chi connectivity index (χ0n) is 20.3. The number of tetrazole rings is 1. The second-order valence-electron chi connectivity index (χ2n) is 8.73. The van der Waals surface area contributed by atoms with E-state index in [1.54, 1.807) is 18.2 Å². The molecule has 1 atom stereocenters. The van der Waals surface area contributed by atoms with Crippen LogP contribution in [0.3, 0.4) is 0 Å². The normalized spacial score (nSPS) is 12.1. The number of imidazole rings is 1. The van der Waals surface area contributed by atoms with E-state index >= 15 is 0 Å². The second-order valence-corrected chi connectivity index (χ2v) is 9.08. The Hall–Kier alpha value is -4.08. The van der Waals surface area contributed by atoms with Crippen LogP contribution in [0.2, 0.25) is 5.15 Å². The fourth-order valence-corrected chi connectivity index (χ4v) is 4.72. The van der Waals surface area contributed by atoms with Gasteiger partial charge in [0, 0.05) is 30.7 Å². The van der Waals surface area contributed by atoms with Gasteiger partial charge in [-0.1, -0.05) is 73.5 Å². The number of hydrogen-bond acceptors (Lipinski definition) is 6. The first-order valence-electron chi connectivity index (χ1n) is 12.1. The number of benzene rings is 2. The van der Waals surface area contributed by atoms with Gasteiger partial charge in [-0.05, 0) is 34.4 Å². The quantitative estimate of drug-likeness (QED) is 0.220. The summed E-state index contributed by atoms with van der Waals surface area (Å²) in [5, 5.41) is 38.2. The van der Waals surface area contributed by atoms with E-state index in [2.05, 4.69) is 32.5 Å². The maximum Gasteiger partial charge on any atom is 0.227 e. The van der Waals surface area contributed by atoms with Crippen LogP contribution in [-0.4, -0.2) is 35.3 Å². The zero-order valence-corrected chi connectivity index (χ0v) is 21.0. The molecule has 0 aliphatic heterocycles. The summed E-state index contributed by atoms with van der Waals surface area (Å²) < 4.78 is 2.58. The van der Waals surface area contributed by atoms with Crippen LogP contribution in [0.4, 0.5) is 0 Å². The molecule has 0 saturated heterocycles. The molecule has 0 amide bonds. The van der Waals surface area contributed by atoms with Crippen molar-refractivity contribution in [2.24, 2.45) is 0 Å². The number of aliphatic hydroxyl groups is 1. The average molecular weight is 516 g/mol. The molecule has 1 unspecified atom stereocenters. The Morgan fingerprint density at radius 2 is 1.81 bits per heavy atom. The van der Waals surface area contributed by atoms with E-state index in [1.807, 2.05) is 53.1 Å². The summed E-state index contributed by atoms with van der Waals surface area (Å²) in [5.41, 5.74) is 4.49. The minimum atomic E-state index is -1.21. The molecule has 5 aromatic rings. The number of rotatable bonds is 9. The largest absolute Gasteiger partial charge is 0.618 e. The summed E-state index contributed by atoms with van der Waals surface area (Å²) in [6.07, 6.45) is 2.79. The van der Waals surface area contributed by atoms with E-state index in [9.17, 15) is 10.3 Å². The SMILES string of the molecule is CCCCc1nc(Cl)c(C(O)c2cccc[n+]2[O-])n1Cc1ccc(-c2ccccc2-c2nn[nH]n2)cc1. The number of aliphatic hydroxyl groups excluding tert-OH is 1. The first-order chi connectivity index (χ1) is 18.1. The minimum absolute atomic E-state index is 0.195.